The topological polar surface area (TPSA) is 68.0 Å². The van der Waals surface area contributed by atoms with E-state index in [-0.39, 0.29) is 17.3 Å². The van der Waals surface area contributed by atoms with Crippen LogP contribution >= 0.6 is 11.8 Å². The van der Waals surface area contributed by atoms with Gasteiger partial charge in [0.25, 0.3) is 5.91 Å². The molecule has 0 aliphatic carbocycles. The molecule has 0 aliphatic rings. The van der Waals surface area contributed by atoms with Gasteiger partial charge < -0.3 is 11.1 Å². The predicted molar refractivity (Wildman–Crippen MR) is 63.9 cm³/mol. The lowest BCUT2D eigenvalue weighted by molar-refractivity contribution is 0.0954. The summed E-state index contributed by atoms with van der Waals surface area (Å²) in [5, 5.41) is 2.66. The summed E-state index contributed by atoms with van der Waals surface area (Å²) >= 11 is 1.71. The van der Waals surface area contributed by atoms with E-state index in [0.717, 1.165) is 24.4 Å². The first-order valence-electron chi connectivity index (χ1n) is 4.83. The number of carbonyl (C=O) groups excluding carboxylic acids is 1. The Morgan fingerprint density at radius 2 is 2.44 bits per heavy atom. The summed E-state index contributed by atoms with van der Waals surface area (Å²) in [6.45, 7) is 0.551. The van der Waals surface area contributed by atoms with Crippen LogP contribution in [0.5, 0.6) is 0 Å². The number of aromatic nitrogens is 1. The summed E-state index contributed by atoms with van der Waals surface area (Å²) in [6.07, 6.45) is 3.85. The third kappa shape index (κ3) is 3.69. The Morgan fingerprint density at radius 3 is 3.12 bits per heavy atom. The van der Waals surface area contributed by atoms with Crippen LogP contribution in [0.1, 0.15) is 16.8 Å². The molecule has 0 aliphatic heterocycles. The third-order valence-corrected chi connectivity index (χ3v) is 2.64. The lowest BCUT2D eigenvalue weighted by atomic mass is 10.2. The highest BCUT2D eigenvalue weighted by Crippen LogP contribution is 2.09. The lowest BCUT2D eigenvalue weighted by Crippen LogP contribution is -2.26. The molecule has 16 heavy (non-hydrogen) atoms. The molecule has 0 atom stereocenters. The maximum Gasteiger partial charge on any atom is 0.255 e. The molecule has 0 saturated carbocycles. The van der Waals surface area contributed by atoms with E-state index in [0.29, 0.717) is 6.54 Å². The molecule has 1 rings (SSSR count). The van der Waals surface area contributed by atoms with E-state index in [1.165, 1.54) is 0 Å². The second-order valence-corrected chi connectivity index (χ2v) is 4.17. The highest BCUT2D eigenvalue weighted by molar-refractivity contribution is 7.98. The number of pyridine rings is 1. The highest BCUT2D eigenvalue weighted by Gasteiger charge is 2.11. The summed E-state index contributed by atoms with van der Waals surface area (Å²) in [7, 11) is 0. The number of carbonyl (C=O) groups is 1. The van der Waals surface area contributed by atoms with Gasteiger partial charge in [0.15, 0.2) is 0 Å². The van der Waals surface area contributed by atoms with Crippen LogP contribution in [0.3, 0.4) is 0 Å². The van der Waals surface area contributed by atoms with Gasteiger partial charge in [-0.05, 0) is 24.5 Å². The predicted octanol–water partition coefficient (Wildman–Crippen LogP) is 1.29. The van der Waals surface area contributed by atoms with Gasteiger partial charge in [-0.25, -0.2) is 9.37 Å². The summed E-state index contributed by atoms with van der Waals surface area (Å²) in [5.74, 6) is 0.0646. The van der Waals surface area contributed by atoms with E-state index in [2.05, 4.69) is 10.3 Å². The van der Waals surface area contributed by atoms with Gasteiger partial charge in [-0.2, -0.15) is 11.8 Å². The van der Waals surface area contributed by atoms with Crippen LogP contribution in [0.15, 0.2) is 12.3 Å². The normalized spacial score (nSPS) is 10.1. The molecular weight excluding hydrogens is 229 g/mol. The summed E-state index contributed by atoms with van der Waals surface area (Å²) in [5.41, 5.74) is 5.57. The van der Waals surface area contributed by atoms with Crippen molar-refractivity contribution in [1.82, 2.24) is 10.3 Å². The molecule has 3 N–H and O–H groups in total. The van der Waals surface area contributed by atoms with E-state index in [1.54, 1.807) is 11.8 Å². The fourth-order valence-electron chi connectivity index (χ4n) is 1.15. The molecule has 0 saturated heterocycles. The third-order valence-electron chi connectivity index (χ3n) is 1.94. The van der Waals surface area contributed by atoms with E-state index >= 15 is 0 Å². The number of nitrogens with zero attached hydrogens (tertiary/aromatic N) is 1. The Hall–Kier alpha value is -1.30. The van der Waals surface area contributed by atoms with Gasteiger partial charge in [-0.1, -0.05) is 0 Å². The van der Waals surface area contributed by atoms with Crippen LogP contribution in [0.2, 0.25) is 0 Å². The van der Waals surface area contributed by atoms with Crippen LogP contribution in [-0.2, 0) is 0 Å². The van der Waals surface area contributed by atoms with Crippen LogP contribution < -0.4 is 11.1 Å². The highest BCUT2D eigenvalue weighted by atomic mass is 32.2. The Bertz CT molecular complexity index is 373. The maximum atomic E-state index is 12.8. The number of nitrogen functional groups attached to an aromatic ring is 1. The van der Waals surface area contributed by atoms with Crippen LogP contribution in [0.25, 0.3) is 0 Å². The molecule has 4 nitrogen and oxygen atoms in total. The first-order chi connectivity index (χ1) is 7.65. The number of thioether (sulfide) groups is 1. The zero-order valence-electron chi connectivity index (χ0n) is 9.00. The van der Waals surface area contributed by atoms with Crippen molar-refractivity contribution in [3.05, 3.63) is 23.6 Å². The minimum atomic E-state index is -0.566. The second-order valence-electron chi connectivity index (χ2n) is 3.19. The van der Waals surface area contributed by atoms with Gasteiger partial charge in [0.1, 0.15) is 11.6 Å². The number of nitrogens with two attached hydrogens (primary N) is 1. The SMILES string of the molecule is CSCCCNC(=O)c1cc(F)cnc1N. The maximum absolute atomic E-state index is 12.8. The number of hydrogen-bond acceptors (Lipinski definition) is 4. The molecule has 1 heterocycles. The standard InChI is InChI=1S/C10H14FN3OS/c1-16-4-2-3-13-10(15)8-5-7(11)6-14-9(8)12/h5-6H,2-4H2,1H3,(H2,12,14)(H,13,15). The number of amides is 1. The molecule has 0 radical (unpaired) electrons. The van der Waals surface area contributed by atoms with Gasteiger partial charge in [0.05, 0.1) is 11.8 Å². The fourth-order valence-corrected chi connectivity index (χ4v) is 1.58. The Morgan fingerprint density at radius 1 is 1.69 bits per heavy atom. The van der Waals surface area contributed by atoms with Crippen molar-refractivity contribution in [2.45, 2.75) is 6.42 Å². The molecule has 0 spiro atoms. The molecule has 0 fully saturated rings. The van der Waals surface area contributed by atoms with Gasteiger partial charge in [0.2, 0.25) is 0 Å². The zero-order valence-corrected chi connectivity index (χ0v) is 9.81. The largest absolute Gasteiger partial charge is 0.383 e. The Kier molecular flexibility index (Phi) is 5.04. The number of halogens is 1. The number of nitrogens with one attached hydrogen (secondary N) is 1. The Labute approximate surface area is 97.8 Å². The fraction of sp³-hybridized carbons (Fsp3) is 0.400. The molecular formula is C10H14FN3OS. The monoisotopic (exact) mass is 243 g/mol. The van der Waals surface area contributed by atoms with Crippen LogP contribution in [0.4, 0.5) is 10.2 Å². The van der Waals surface area contributed by atoms with Gasteiger partial charge in [-0.3, -0.25) is 4.79 Å². The zero-order chi connectivity index (χ0) is 12.0. The van der Waals surface area contributed by atoms with Crippen LogP contribution in [-0.4, -0.2) is 29.4 Å². The van der Waals surface area contributed by atoms with E-state index < -0.39 is 5.82 Å². The average molecular weight is 243 g/mol. The number of anilines is 1. The van der Waals surface area contributed by atoms with E-state index in [9.17, 15) is 9.18 Å². The van der Waals surface area contributed by atoms with Crippen molar-refractivity contribution in [2.75, 3.05) is 24.3 Å². The van der Waals surface area contributed by atoms with Crippen molar-refractivity contribution in [1.29, 1.82) is 0 Å². The quantitative estimate of drug-likeness (QED) is 0.765. The van der Waals surface area contributed by atoms with Gasteiger partial charge >= 0.3 is 0 Å². The van der Waals surface area contributed by atoms with Crippen molar-refractivity contribution in [3.63, 3.8) is 0 Å². The molecule has 0 bridgehead atoms. The smallest absolute Gasteiger partial charge is 0.255 e. The minimum absolute atomic E-state index is 0.0452. The minimum Gasteiger partial charge on any atom is -0.383 e. The average Bonchev–Trinajstić information content (AvgIpc) is 2.27. The molecule has 1 amide bonds. The van der Waals surface area contributed by atoms with Crippen molar-refractivity contribution < 1.29 is 9.18 Å². The van der Waals surface area contributed by atoms with Crippen molar-refractivity contribution in [3.8, 4) is 0 Å². The first-order valence-corrected chi connectivity index (χ1v) is 6.22. The van der Waals surface area contributed by atoms with E-state index in [4.69, 9.17) is 5.73 Å². The van der Waals surface area contributed by atoms with Gasteiger partial charge in [0, 0.05) is 6.54 Å². The molecule has 1 aromatic heterocycles. The molecule has 0 aromatic carbocycles. The molecule has 0 unspecified atom stereocenters. The van der Waals surface area contributed by atoms with E-state index in [1.807, 2.05) is 6.26 Å². The summed E-state index contributed by atoms with van der Waals surface area (Å²) in [6, 6.07) is 1.09. The Balaban J connectivity index is 2.55. The second kappa shape index (κ2) is 6.32. The molecule has 6 heteroatoms. The van der Waals surface area contributed by atoms with Crippen LogP contribution in [0, 0.1) is 5.82 Å². The van der Waals surface area contributed by atoms with Gasteiger partial charge in [-0.15, -0.1) is 0 Å². The summed E-state index contributed by atoms with van der Waals surface area (Å²) in [4.78, 5) is 15.2. The van der Waals surface area contributed by atoms with Crippen molar-refractivity contribution in [2.24, 2.45) is 0 Å². The number of hydrogen-bond donors (Lipinski definition) is 2. The first kappa shape index (κ1) is 12.8. The summed E-state index contributed by atoms with van der Waals surface area (Å²) < 4.78 is 12.8. The number of rotatable bonds is 5. The molecule has 88 valence electrons. The molecule has 1 aromatic rings. The van der Waals surface area contributed by atoms with Crippen molar-refractivity contribution >= 4 is 23.5 Å². The lowest BCUT2D eigenvalue weighted by Gasteiger charge is -2.06.